The lowest BCUT2D eigenvalue weighted by molar-refractivity contribution is -0.384. The van der Waals surface area contributed by atoms with Crippen molar-refractivity contribution < 1.29 is 14.5 Å². The third-order valence-electron chi connectivity index (χ3n) is 4.86. The molecule has 0 atom stereocenters. The molecule has 12 heteroatoms. The Morgan fingerprint density at radius 2 is 1.91 bits per heavy atom. The summed E-state index contributed by atoms with van der Waals surface area (Å²) in [6.45, 7) is 6.10. The maximum Gasteiger partial charge on any atom is 0.271 e. The number of nitrogens with one attached hydrogen (secondary N) is 2. The van der Waals surface area contributed by atoms with Crippen molar-refractivity contribution in [3.63, 3.8) is 0 Å². The molecule has 3 aromatic rings. The predicted octanol–water partition coefficient (Wildman–Crippen LogP) is 4.50. The molecule has 1 aromatic heterocycles. The van der Waals surface area contributed by atoms with Gasteiger partial charge in [-0.15, -0.1) is 16.8 Å². The quantitative estimate of drug-likeness (QED) is 0.166. The van der Waals surface area contributed by atoms with Gasteiger partial charge in [0.05, 0.1) is 27.8 Å². The fourth-order valence-corrected chi connectivity index (χ4v) is 4.13. The minimum atomic E-state index is -0.572. The van der Waals surface area contributed by atoms with Gasteiger partial charge >= 0.3 is 0 Å². The Balaban J connectivity index is 1.65. The largest absolute Gasteiger partial charge is 0.325 e. The molecule has 0 aliphatic carbocycles. The number of amides is 2. The first-order valence-corrected chi connectivity index (χ1v) is 12.0. The maximum absolute atomic E-state index is 12.6. The van der Waals surface area contributed by atoms with E-state index in [4.69, 9.17) is 11.6 Å². The molecule has 0 aliphatic heterocycles. The molecule has 0 fully saturated rings. The number of nitrogens with zero attached hydrogens (tertiary/aromatic N) is 4. The fourth-order valence-electron chi connectivity index (χ4n) is 3.20. The number of thioether (sulfide) groups is 1. The van der Waals surface area contributed by atoms with E-state index in [1.165, 1.54) is 18.2 Å². The lowest BCUT2D eigenvalue weighted by Gasteiger charge is -2.11. The highest BCUT2D eigenvalue weighted by Crippen LogP contribution is 2.27. The van der Waals surface area contributed by atoms with Gasteiger partial charge in [0.25, 0.3) is 5.69 Å². The number of para-hydroxylation sites is 1. The van der Waals surface area contributed by atoms with Crippen LogP contribution in [0.4, 0.5) is 17.1 Å². The van der Waals surface area contributed by atoms with Gasteiger partial charge in [-0.2, -0.15) is 0 Å². The number of hydrogen-bond acceptors (Lipinski definition) is 7. The molecular weight excluding hydrogens is 492 g/mol. The van der Waals surface area contributed by atoms with Crippen molar-refractivity contribution in [2.75, 3.05) is 16.4 Å². The monoisotopic (exact) mass is 514 g/mol. The molecule has 2 amide bonds. The Labute approximate surface area is 210 Å². The number of non-ortho nitro benzene ring substituents is 1. The summed E-state index contributed by atoms with van der Waals surface area (Å²) in [6.07, 6.45) is 2.42. The first-order valence-electron chi connectivity index (χ1n) is 10.6. The zero-order valence-corrected chi connectivity index (χ0v) is 20.4. The number of aryl methyl sites for hydroxylation is 1. The van der Waals surface area contributed by atoms with Gasteiger partial charge in [0.15, 0.2) is 5.16 Å². The van der Waals surface area contributed by atoms with Crippen molar-refractivity contribution in [1.82, 2.24) is 14.8 Å². The molecule has 2 N–H and O–H groups in total. The van der Waals surface area contributed by atoms with Crippen LogP contribution in [-0.2, 0) is 29.0 Å². The number of allylic oxidation sites excluding steroid dienone is 1. The van der Waals surface area contributed by atoms with Gasteiger partial charge in [0.2, 0.25) is 11.8 Å². The van der Waals surface area contributed by atoms with Crippen LogP contribution >= 0.6 is 23.4 Å². The average molecular weight is 515 g/mol. The van der Waals surface area contributed by atoms with E-state index in [1.807, 2.05) is 31.2 Å². The SMILES string of the molecule is C=CCn1c(CC(=O)Nc2ccccc2CC)nnc1SCC(=O)Nc1cc([N+](=O)[O-])ccc1Cl. The van der Waals surface area contributed by atoms with E-state index in [9.17, 15) is 19.7 Å². The van der Waals surface area contributed by atoms with Gasteiger partial charge < -0.3 is 15.2 Å². The van der Waals surface area contributed by atoms with Crippen molar-refractivity contribution in [2.24, 2.45) is 0 Å². The minimum Gasteiger partial charge on any atom is -0.325 e. The average Bonchev–Trinajstić information content (AvgIpc) is 3.20. The molecule has 0 spiro atoms. The molecule has 3 rings (SSSR count). The van der Waals surface area contributed by atoms with Crippen molar-refractivity contribution >= 4 is 52.2 Å². The van der Waals surface area contributed by atoms with E-state index in [2.05, 4.69) is 27.4 Å². The Hall–Kier alpha value is -3.70. The Kier molecular flexibility index (Phi) is 8.98. The third-order valence-corrected chi connectivity index (χ3v) is 6.16. The van der Waals surface area contributed by atoms with Crippen LogP contribution in [0.3, 0.4) is 0 Å². The normalized spacial score (nSPS) is 10.6. The van der Waals surface area contributed by atoms with Crippen molar-refractivity contribution in [1.29, 1.82) is 0 Å². The number of halogens is 1. The Bertz CT molecular complexity index is 1260. The lowest BCUT2D eigenvalue weighted by Crippen LogP contribution is -2.19. The number of carbonyl (C=O) groups excluding carboxylic acids is 2. The highest BCUT2D eigenvalue weighted by Gasteiger charge is 2.18. The minimum absolute atomic E-state index is 0.00502. The van der Waals surface area contributed by atoms with E-state index in [-0.39, 0.29) is 34.5 Å². The molecule has 0 saturated carbocycles. The number of hydrogen-bond donors (Lipinski definition) is 2. The molecule has 1 heterocycles. The van der Waals surface area contributed by atoms with Gasteiger partial charge in [-0.3, -0.25) is 19.7 Å². The third kappa shape index (κ3) is 6.90. The van der Waals surface area contributed by atoms with Crippen LogP contribution in [-0.4, -0.2) is 37.3 Å². The van der Waals surface area contributed by atoms with E-state index in [1.54, 1.807) is 10.6 Å². The van der Waals surface area contributed by atoms with Crippen LogP contribution in [0.1, 0.15) is 18.3 Å². The van der Waals surface area contributed by atoms with Gasteiger partial charge in [0.1, 0.15) is 5.82 Å². The van der Waals surface area contributed by atoms with Gasteiger partial charge in [-0.05, 0) is 24.1 Å². The van der Waals surface area contributed by atoms with Crippen LogP contribution in [0.25, 0.3) is 0 Å². The number of anilines is 2. The zero-order valence-electron chi connectivity index (χ0n) is 18.9. The number of rotatable bonds is 11. The number of carbonyl (C=O) groups is 2. The molecule has 10 nitrogen and oxygen atoms in total. The van der Waals surface area contributed by atoms with Crippen molar-refractivity contribution in [3.8, 4) is 0 Å². The molecule has 0 aliphatic rings. The smallest absolute Gasteiger partial charge is 0.271 e. The molecule has 35 heavy (non-hydrogen) atoms. The van der Waals surface area contributed by atoms with Crippen LogP contribution in [0.15, 0.2) is 60.3 Å². The van der Waals surface area contributed by atoms with E-state index >= 15 is 0 Å². The summed E-state index contributed by atoms with van der Waals surface area (Å²) in [7, 11) is 0. The predicted molar refractivity (Wildman–Crippen MR) is 136 cm³/mol. The van der Waals surface area contributed by atoms with Gasteiger partial charge in [0, 0.05) is 24.4 Å². The second-order valence-electron chi connectivity index (χ2n) is 7.29. The molecular formula is C23H23ClN6O4S. The van der Waals surface area contributed by atoms with Crippen LogP contribution < -0.4 is 10.6 Å². The molecule has 0 unspecified atom stereocenters. The molecule has 0 saturated heterocycles. The van der Waals surface area contributed by atoms with Gasteiger partial charge in [-0.1, -0.05) is 54.6 Å². The standard InChI is InChI=1S/C23H23ClN6O4S/c1-3-11-29-20(13-21(31)25-18-8-6-5-7-15(18)4-2)27-28-23(29)35-14-22(32)26-19-12-16(30(33)34)9-10-17(19)24/h3,5-10,12H,1,4,11,13-14H2,2H3,(H,25,31)(H,26,32). The molecule has 2 aromatic carbocycles. The summed E-state index contributed by atoms with van der Waals surface area (Å²) in [5.41, 5.74) is 1.73. The van der Waals surface area contributed by atoms with Crippen LogP contribution in [0.5, 0.6) is 0 Å². The highest BCUT2D eigenvalue weighted by atomic mass is 35.5. The summed E-state index contributed by atoms with van der Waals surface area (Å²) >= 11 is 7.15. The van der Waals surface area contributed by atoms with Crippen molar-refractivity contribution in [3.05, 3.63) is 81.6 Å². The van der Waals surface area contributed by atoms with Crippen molar-refractivity contribution in [2.45, 2.75) is 31.5 Å². The number of benzene rings is 2. The Morgan fingerprint density at radius 3 is 2.63 bits per heavy atom. The lowest BCUT2D eigenvalue weighted by atomic mass is 10.1. The highest BCUT2D eigenvalue weighted by molar-refractivity contribution is 7.99. The second kappa shape index (κ2) is 12.1. The summed E-state index contributed by atoms with van der Waals surface area (Å²) < 4.78 is 1.70. The topological polar surface area (TPSA) is 132 Å². The number of nitro groups is 1. The van der Waals surface area contributed by atoms with E-state index in [0.29, 0.717) is 17.5 Å². The first-order chi connectivity index (χ1) is 16.8. The second-order valence-corrected chi connectivity index (χ2v) is 8.64. The van der Waals surface area contributed by atoms with Crippen LogP contribution in [0.2, 0.25) is 5.02 Å². The molecule has 0 radical (unpaired) electrons. The summed E-state index contributed by atoms with van der Waals surface area (Å²) in [4.78, 5) is 35.5. The maximum atomic E-state index is 12.6. The van der Waals surface area contributed by atoms with Crippen LogP contribution in [0, 0.1) is 10.1 Å². The molecule has 182 valence electrons. The fraction of sp³-hybridized carbons (Fsp3) is 0.217. The number of nitro benzene ring substituents is 1. The summed E-state index contributed by atoms with van der Waals surface area (Å²) in [5.74, 6) is -0.287. The van der Waals surface area contributed by atoms with Gasteiger partial charge in [-0.25, -0.2) is 0 Å². The van der Waals surface area contributed by atoms with E-state index < -0.39 is 10.8 Å². The van der Waals surface area contributed by atoms with E-state index in [0.717, 1.165) is 29.4 Å². The first kappa shape index (κ1) is 25.9. The summed E-state index contributed by atoms with van der Waals surface area (Å²) in [5, 5.41) is 25.3. The Morgan fingerprint density at radius 1 is 1.17 bits per heavy atom. The number of aromatic nitrogens is 3. The summed E-state index contributed by atoms with van der Waals surface area (Å²) in [6, 6.07) is 11.4. The molecule has 0 bridgehead atoms. The zero-order chi connectivity index (χ0) is 25.4.